The predicted molar refractivity (Wildman–Crippen MR) is 54.4 cm³/mol. The summed E-state index contributed by atoms with van der Waals surface area (Å²) in [4.78, 5) is 20.3. The van der Waals surface area contributed by atoms with Crippen LogP contribution in [0.5, 0.6) is 0 Å². The molecule has 6 heteroatoms. The predicted octanol–water partition coefficient (Wildman–Crippen LogP) is 1.84. The van der Waals surface area contributed by atoms with Crippen LogP contribution in [0.4, 0.5) is 0 Å². The third-order valence-corrected chi connectivity index (χ3v) is 1.31. The second kappa shape index (κ2) is 7.10. The Labute approximate surface area is 91.8 Å². The third kappa shape index (κ3) is 4.85. The summed E-state index contributed by atoms with van der Waals surface area (Å²) in [5.41, 5.74) is 0. The van der Waals surface area contributed by atoms with Crippen molar-refractivity contribution in [3.63, 3.8) is 0 Å². The van der Waals surface area contributed by atoms with Crippen LogP contribution in [0.2, 0.25) is 0 Å². The van der Waals surface area contributed by atoms with Crippen molar-refractivity contribution in [3.05, 3.63) is 36.5 Å². The minimum atomic E-state index is -1.28. The van der Waals surface area contributed by atoms with Crippen LogP contribution in [0.25, 0.3) is 0 Å². The van der Waals surface area contributed by atoms with E-state index >= 15 is 0 Å². The lowest BCUT2D eigenvalue weighted by Crippen LogP contribution is -1.94. The zero-order valence-electron chi connectivity index (χ0n) is 8.67. The highest BCUT2D eigenvalue weighted by Crippen LogP contribution is 2.06. The van der Waals surface area contributed by atoms with Gasteiger partial charge in [-0.2, -0.15) is 0 Å². The fourth-order valence-corrected chi connectivity index (χ4v) is 0.686. The number of rotatable bonds is 4. The number of hydrogen-bond acceptors (Lipinski definition) is 4. The Morgan fingerprint density at radius 3 is 1.94 bits per heavy atom. The molecular weight excluding hydrogens is 216 g/mol. The van der Waals surface area contributed by atoms with Gasteiger partial charge in [0, 0.05) is 0 Å². The lowest BCUT2D eigenvalue weighted by molar-refractivity contribution is 0.0631. The van der Waals surface area contributed by atoms with Crippen molar-refractivity contribution in [1.82, 2.24) is 0 Å². The number of furan rings is 1. The number of aromatic carboxylic acids is 2. The van der Waals surface area contributed by atoms with Crippen LogP contribution in [-0.4, -0.2) is 28.8 Å². The molecule has 0 bridgehead atoms. The quantitative estimate of drug-likeness (QED) is 0.763. The van der Waals surface area contributed by atoms with Crippen LogP contribution in [0, 0.1) is 0 Å². The van der Waals surface area contributed by atoms with Crippen molar-refractivity contribution in [2.24, 2.45) is 0 Å². The molecule has 0 aliphatic heterocycles. The molecule has 2 N–H and O–H groups in total. The van der Waals surface area contributed by atoms with E-state index in [4.69, 9.17) is 10.2 Å². The van der Waals surface area contributed by atoms with Crippen molar-refractivity contribution < 1.29 is 29.0 Å². The van der Waals surface area contributed by atoms with E-state index in [9.17, 15) is 9.59 Å². The summed E-state index contributed by atoms with van der Waals surface area (Å²) in [6.07, 6.45) is 1.43. The second-order valence-electron chi connectivity index (χ2n) is 2.40. The first-order valence-corrected chi connectivity index (χ1v) is 4.31. The molecule has 0 aliphatic rings. The first-order valence-electron chi connectivity index (χ1n) is 4.31. The molecule has 0 atom stereocenters. The third-order valence-electron chi connectivity index (χ3n) is 1.31. The molecule has 0 radical (unpaired) electrons. The Balaban J connectivity index is 0.000000385. The van der Waals surface area contributed by atoms with E-state index in [-0.39, 0.29) is 11.5 Å². The number of carboxylic acid groups (broad SMARTS) is 2. The van der Waals surface area contributed by atoms with Gasteiger partial charge in [0.2, 0.25) is 11.5 Å². The molecule has 0 aromatic carbocycles. The Morgan fingerprint density at radius 2 is 1.81 bits per heavy atom. The first kappa shape index (κ1) is 13.8. The zero-order chi connectivity index (χ0) is 12.6. The minimum absolute atomic E-state index is 0.373. The van der Waals surface area contributed by atoms with Gasteiger partial charge in [-0.25, -0.2) is 9.59 Å². The maximum atomic E-state index is 10.2. The Kier molecular flexibility index (Phi) is 6.11. The number of carboxylic acids is 2. The molecule has 88 valence electrons. The van der Waals surface area contributed by atoms with E-state index in [1.165, 1.54) is 6.26 Å². The van der Waals surface area contributed by atoms with Crippen molar-refractivity contribution in [1.29, 1.82) is 0 Å². The highest BCUT2D eigenvalue weighted by molar-refractivity contribution is 5.88. The molecule has 0 aliphatic carbocycles. The van der Waals surface area contributed by atoms with Gasteiger partial charge in [0.15, 0.2) is 0 Å². The monoisotopic (exact) mass is 228 g/mol. The largest absolute Gasteiger partial charge is 0.502 e. The van der Waals surface area contributed by atoms with Crippen molar-refractivity contribution in [3.8, 4) is 0 Å². The summed E-state index contributed by atoms with van der Waals surface area (Å²) in [6, 6.07) is 2.18. The molecular formula is C10H12O6. The van der Waals surface area contributed by atoms with Crippen LogP contribution in [0.1, 0.15) is 28.0 Å². The van der Waals surface area contributed by atoms with Crippen LogP contribution < -0.4 is 0 Å². The fraction of sp³-hybridized carbons (Fsp3) is 0.200. The van der Waals surface area contributed by atoms with E-state index in [2.05, 4.69) is 15.7 Å². The van der Waals surface area contributed by atoms with E-state index in [0.29, 0.717) is 0 Å². The van der Waals surface area contributed by atoms with Gasteiger partial charge in [0.1, 0.15) is 0 Å². The molecule has 1 aromatic heterocycles. The maximum absolute atomic E-state index is 10.2. The smallest absolute Gasteiger partial charge is 0.371 e. The number of carbonyl (C=O) groups is 2. The van der Waals surface area contributed by atoms with Crippen molar-refractivity contribution in [2.45, 2.75) is 6.92 Å². The molecule has 1 aromatic rings. The topological polar surface area (TPSA) is 97.0 Å². The summed E-state index contributed by atoms with van der Waals surface area (Å²) in [5.74, 6) is -3.31. The van der Waals surface area contributed by atoms with Gasteiger partial charge in [0.25, 0.3) is 0 Å². The average molecular weight is 228 g/mol. The zero-order valence-corrected chi connectivity index (χ0v) is 8.67. The lowest BCUT2D eigenvalue weighted by Gasteiger charge is -1.84. The summed E-state index contributed by atoms with van der Waals surface area (Å²) >= 11 is 0. The molecule has 0 saturated carbocycles. The normalized spacial score (nSPS) is 8.56. The van der Waals surface area contributed by atoms with Gasteiger partial charge in [-0.05, 0) is 19.1 Å². The first-order chi connectivity index (χ1) is 7.52. The van der Waals surface area contributed by atoms with Gasteiger partial charge < -0.3 is 19.4 Å². The molecule has 1 heterocycles. The van der Waals surface area contributed by atoms with Crippen LogP contribution in [-0.2, 0) is 4.74 Å². The summed E-state index contributed by atoms with van der Waals surface area (Å²) in [6.45, 7) is 5.97. The molecule has 16 heavy (non-hydrogen) atoms. The van der Waals surface area contributed by atoms with Crippen LogP contribution in [0.3, 0.4) is 0 Å². The fourth-order valence-electron chi connectivity index (χ4n) is 0.686. The van der Waals surface area contributed by atoms with Gasteiger partial charge in [-0.1, -0.05) is 6.58 Å². The van der Waals surface area contributed by atoms with Gasteiger partial charge in [-0.3, -0.25) is 0 Å². The molecule has 0 spiro atoms. The minimum Gasteiger partial charge on any atom is -0.502 e. The molecule has 0 amide bonds. The average Bonchev–Trinajstić information content (AvgIpc) is 2.68. The molecule has 6 nitrogen and oxygen atoms in total. The number of ether oxygens (including phenoxy) is 1. The Bertz CT molecular complexity index is 337. The van der Waals surface area contributed by atoms with Crippen molar-refractivity contribution in [2.75, 3.05) is 6.61 Å². The standard InChI is InChI=1S/C6H4O5.C4H8O/c7-5(8)3-1-2-4(11-3)6(9)10;1-3-5-4-2/h1-2H,(H,7,8)(H,9,10);3H,1,4H2,2H3. The summed E-state index contributed by atoms with van der Waals surface area (Å²) < 4.78 is 9.00. The van der Waals surface area contributed by atoms with Crippen LogP contribution in [0.15, 0.2) is 29.4 Å². The van der Waals surface area contributed by atoms with E-state index < -0.39 is 11.9 Å². The lowest BCUT2D eigenvalue weighted by atomic mass is 10.4. The van der Waals surface area contributed by atoms with Gasteiger partial charge in [0.05, 0.1) is 12.9 Å². The SMILES string of the molecule is C=COCC.O=C(O)c1ccc(C(=O)O)o1. The molecule has 0 unspecified atom stereocenters. The Hall–Kier alpha value is -2.24. The maximum Gasteiger partial charge on any atom is 0.371 e. The second-order valence-corrected chi connectivity index (χ2v) is 2.40. The van der Waals surface area contributed by atoms with E-state index in [0.717, 1.165) is 18.7 Å². The highest BCUT2D eigenvalue weighted by Gasteiger charge is 2.12. The number of hydrogen-bond donors (Lipinski definition) is 2. The molecule has 0 fully saturated rings. The highest BCUT2D eigenvalue weighted by atomic mass is 16.5. The van der Waals surface area contributed by atoms with Crippen LogP contribution >= 0.6 is 0 Å². The van der Waals surface area contributed by atoms with Gasteiger partial charge in [-0.15, -0.1) is 0 Å². The van der Waals surface area contributed by atoms with Crippen molar-refractivity contribution >= 4 is 11.9 Å². The summed E-state index contributed by atoms with van der Waals surface area (Å²) in [5, 5.41) is 16.6. The summed E-state index contributed by atoms with van der Waals surface area (Å²) in [7, 11) is 0. The van der Waals surface area contributed by atoms with E-state index in [1.54, 1.807) is 0 Å². The van der Waals surface area contributed by atoms with E-state index in [1.807, 2.05) is 6.92 Å². The Morgan fingerprint density at radius 1 is 1.38 bits per heavy atom. The van der Waals surface area contributed by atoms with Gasteiger partial charge >= 0.3 is 11.9 Å². The molecule has 0 saturated heterocycles. The molecule has 1 rings (SSSR count).